The SMILES string of the molecule is CCc1ccc2c(c1)CCC(C(C)C)N2Sc1ccc(OCC2CCOCC2)c(CO)c1. The van der Waals surface area contributed by atoms with Gasteiger partial charge in [-0.3, -0.25) is 0 Å². The van der Waals surface area contributed by atoms with Crippen LogP contribution in [0.1, 0.15) is 56.7 Å². The Labute approximate surface area is 197 Å². The van der Waals surface area contributed by atoms with Crippen LogP contribution in [0.2, 0.25) is 0 Å². The molecule has 2 heterocycles. The van der Waals surface area contributed by atoms with E-state index < -0.39 is 0 Å². The van der Waals surface area contributed by atoms with Gasteiger partial charge in [-0.2, -0.15) is 0 Å². The van der Waals surface area contributed by atoms with E-state index in [0.717, 1.165) is 55.1 Å². The van der Waals surface area contributed by atoms with Gasteiger partial charge in [0, 0.05) is 29.7 Å². The van der Waals surface area contributed by atoms with Crippen LogP contribution >= 0.6 is 11.9 Å². The monoisotopic (exact) mass is 455 g/mol. The van der Waals surface area contributed by atoms with E-state index in [9.17, 15) is 5.11 Å². The molecule has 2 aliphatic heterocycles. The Balaban J connectivity index is 1.52. The summed E-state index contributed by atoms with van der Waals surface area (Å²) in [7, 11) is 0. The molecule has 5 heteroatoms. The van der Waals surface area contributed by atoms with Crippen molar-refractivity contribution < 1.29 is 14.6 Å². The molecule has 1 unspecified atom stereocenters. The van der Waals surface area contributed by atoms with Gasteiger partial charge in [0.1, 0.15) is 5.75 Å². The molecular weight excluding hydrogens is 418 g/mol. The summed E-state index contributed by atoms with van der Waals surface area (Å²) < 4.78 is 14.1. The first-order valence-electron chi connectivity index (χ1n) is 12.1. The molecule has 2 aromatic rings. The maximum atomic E-state index is 10.0. The van der Waals surface area contributed by atoms with Gasteiger partial charge < -0.3 is 18.9 Å². The second-order valence-electron chi connectivity index (χ2n) is 9.38. The van der Waals surface area contributed by atoms with Crippen LogP contribution in [-0.4, -0.2) is 31.0 Å². The summed E-state index contributed by atoms with van der Waals surface area (Å²) in [6.07, 6.45) is 5.48. The quantitative estimate of drug-likeness (QED) is 0.492. The summed E-state index contributed by atoms with van der Waals surface area (Å²) in [6, 6.07) is 13.7. The molecule has 1 saturated heterocycles. The first-order valence-corrected chi connectivity index (χ1v) is 12.9. The summed E-state index contributed by atoms with van der Waals surface area (Å²) in [5.74, 6) is 1.91. The Kier molecular flexibility index (Phi) is 8.03. The zero-order valence-corrected chi connectivity index (χ0v) is 20.5. The van der Waals surface area contributed by atoms with Crippen molar-refractivity contribution in [2.45, 2.75) is 70.4 Å². The summed E-state index contributed by atoms with van der Waals surface area (Å²) >= 11 is 1.79. The van der Waals surface area contributed by atoms with E-state index in [-0.39, 0.29) is 6.61 Å². The van der Waals surface area contributed by atoms with Crippen LogP contribution in [0.3, 0.4) is 0 Å². The molecule has 0 aliphatic carbocycles. The van der Waals surface area contributed by atoms with Gasteiger partial charge in [0.15, 0.2) is 0 Å². The molecule has 0 aromatic heterocycles. The summed E-state index contributed by atoms with van der Waals surface area (Å²) in [4.78, 5) is 1.14. The fourth-order valence-electron chi connectivity index (χ4n) is 4.71. The fourth-order valence-corrected chi connectivity index (χ4v) is 6.02. The predicted octanol–water partition coefficient (Wildman–Crippen LogP) is 6.03. The lowest BCUT2D eigenvalue weighted by atomic mass is 9.90. The molecule has 0 spiro atoms. The first kappa shape index (κ1) is 23.5. The van der Waals surface area contributed by atoms with Crippen molar-refractivity contribution in [2.75, 3.05) is 24.1 Å². The van der Waals surface area contributed by atoms with E-state index in [0.29, 0.717) is 24.5 Å². The smallest absolute Gasteiger partial charge is 0.124 e. The van der Waals surface area contributed by atoms with Crippen molar-refractivity contribution in [1.29, 1.82) is 0 Å². The first-order chi connectivity index (χ1) is 15.6. The van der Waals surface area contributed by atoms with Crippen LogP contribution in [0.5, 0.6) is 5.75 Å². The second-order valence-corrected chi connectivity index (χ2v) is 10.4. The molecule has 4 rings (SSSR count). The lowest BCUT2D eigenvalue weighted by Gasteiger charge is -2.40. The van der Waals surface area contributed by atoms with E-state index in [1.165, 1.54) is 23.2 Å². The van der Waals surface area contributed by atoms with Crippen LogP contribution < -0.4 is 9.04 Å². The minimum Gasteiger partial charge on any atom is -0.493 e. The van der Waals surface area contributed by atoms with Crippen molar-refractivity contribution in [2.24, 2.45) is 11.8 Å². The number of benzene rings is 2. The Bertz CT molecular complexity index is 894. The van der Waals surface area contributed by atoms with Gasteiger partial charge in [0.25, 0.3) is 0 Å². The number of rotatable bonds is 8. The molecule has 0 radical (unpaired) electrons. The van der Waals surface area contributed by atoms with Gasteiger partial charge in [-0.1, -0.05) is 32.9 Å². The standard InChI is InChI=1S/C27H37NO3S/c1-4-20-5-8-26-22(15-20)6-9-25(19(2)3)28(26)32-24-7-10-27(23(16-24)17-29)31-18-21-11-13-30-14-12-21/h5,7-8,10,15-16,19,21,25,29H,4,6,9,11-14,17-18H2,1-3H3. The van der Waals surface area contributed by atoms with Crippen molar-refractivity contribution in [3.8, 4) is 5.75 Å². The van der Waals surface area contributed by atoms with Crippen molar-refractivity contribution in [3.05, 3.63) is 53.1 Å². The molecule has 2 aliphatic rings. The van der Waals surface area contributed by atoms with Gasteiger partial charge in [-0.15, -0.1) is 0 Å². The molecule has 4 nitrogen and oxygen atoms in total. The number of ether oxygens (including phenoxy) is 2. The highest BCUT2D eigenvalue weighted by Crippen LogP contribution is 2.42. The van der Waals surface area contributed by atoms with Crippen LogP contribution in [0.4, 0.5) is 5.69 Å². The van der Waals surface area contributed by atoms with E-state index >= 15 is 0 Å². The van der Waals surface area contributed by atoms with E-state index in [1.807, 2.05) is 6.07 Å². The average molecular weight is 456 g/mol. The van der Waals surface area contributed by atoms with Crippen molar-refractivity contribution in [3.63, 3.8) is 0 Å². The minimum absolute atomic E-state index is 0.0123. The maximum Gasteiger partial charge on any atom is 0.124 e. The Hall–Kier alpha value is -1.69. The molecule has 1 fully saturated rings. The minimum atomic E-state index is -0.0123. The fraction of sp³-hybridized carbons (Fsp3) is 0.556. The molecular formula is C27H37NO3S. The van der Waals surface area contributed by atoms with Gasteiger partial charge in [0.2, 0.25) is 0 Å². The predicted molar refractivity (Wildman–Crippen MR) is 133 cm³/mol. The highest BCUT2D eigenvalue weighted by molar-refractivity contribution is 8.00. The van der Waals surface area contributed by atoms with E-state index in [1.54, 1.807) is 11.9 Å². The summed E-state index contributed by atoms with van der Waals surface area (Å²) in [6.45, 7) is 9.18. The number of aliphatic hydroxyl groups is 1. The van der Waals surface area contributed by atoms with Crippen LogP contribution in [0.15, 0.2) is 41.3 Å². The normalized spacial score (nSPS) is 19.3. The third kappa shape index (κ3) is 5.44. The second kappa shape index (κ2) is 11.0. The molecule has 1 N–H and O–H groups in total. The summed E-state index contributed by atoms with van der Waals surface area (Å²) in [5, 5.41) is 10.0. The molecule has 174 valence electrons. The third-order valence-electron chi connectivity index (χ3n) is 6.79. The van der Waals surface area contributed by atoms with Crippen LogP contribution in [-0.2, 0) is 24.2 Å². The van der Waals surface area contributed by atoms with Crippen molar-refractivity contribution in [1.82, 2.24) is 0 Å². The Morgan fingerprint density at radius 1 is 1.12 bits per heavy atom. The van der Waals surface area contributed by atoms with Gasteiger partial charge in [-0.25, -0.2) is 0 Å². The molecule has 0 amide bonds. The number of hydrogen-bond donors (Lipinski definition) is 1. The highest BCUT2D eigenvalue weighted by Gasteiger charge is 2.30. The van der Waals surface area contributed by atoms with Crippen molar-refractivity contribution >= 4 is 17.6 Å². The number of fused-ring (bicyclic) bond motifs is 1. The molecule has 32 heavy (non-hydrogen) atoms. The van der Waals surface area contributed by atoms with Gasteiger partial charge >= 0.3 is 0 Å². The molecule has 0 bridgehead atoms. The number of aliphatic hydroxyl groups excluding tert-OH is 1. The Morgan fingerprint density at radius 2 is 1.94 bits per heavy atom. The molecule has 0 saturated carbocycles. The number of aryl methyl sites for hydroxylation is 2. The average Bonchev–Trinajstić information content (AvgIpc) is 2.83. The number of hydrogen-bond acceptors (Lipinski definition) is 5. The topological polar surface area (TPSA) is 41.9 Å². The van der Waals surface area contributed by atoms with Gasteiger partial charge in [-0.05, 0) is 91.3 Å². The maximum absolute atomic E-state index is 10.0. The third-order valence-corrected chi connectivity index (χ3v) is 7.92. The highest BCUT2D eigenvalue weighted by atomic mass is 32.2. The van der Waals surface area contributed by atoms with E-state index in [2.05, 4.69) is 55.4 Å². The lowest BCUT2D eigenvalue weighted by molar-refractivity contribution is 0.0494. The summed E-state index contributed by atoms with van der Waals surface area (Å²) in [5.41, 5.74) is 5.06. The zero-order valence-electron chi connectivity index (χ0n) is 19.7. The van der Waals surface area contributed by atoms with Gasteiger partial charge in [0.05, 0.1) is 18.9 Å². The number of anilines is 1. The number of nitrogens with zero attached hydrogens (tertiary/aromatic N) is 1. The van der Waals surface area contributed by atoms with Crippen LogP contribution in [0.25, 0.3) is 0 Å². The van der Waals surface area contributed by atoms with E-state index in [4.69, 9.17) is 9.47 Å². The zero-order chi connectivity index (χ0) is 22.5. The van der Waals surface area contributed by atoms with Crippen LogP contribution in [0, 0.1) is 11.8 Å². The molecule has 2 aromatic carbocycles. The molecule has 1 atom stereocenters. The lowest BCUT2D eigenvalue weighted by Crippen LogP contribution is -2.38. The Morgan fingerprint density at radius 3 is 2.66 bits per heavy atom. The largest absolute Gasteiger partial charge is 0.493 e.